The van der Waals surface area contributed by atoms with E-state index in [9.17, 15) is 13.8 Å². The van der Waals surface area contributed by atoms with Crippen molar-refractivity contribution in [2.24, 2.45) is 0 Å². The molecule has 0 rings (SSSR count). The lowest BCUT2D eigenvalue weighted by Gasteiger charge is -2.19. The zero-order valence-electron chi connectivity index (χ0n) is 10.7. The maximum absolute atomic E-state index is 13.9. The first-order valence-electron chi connectivity index (χ1n) is 5.39. The largest absolute Gasteiger partial charge is 0.474 e. The minimum absolute atomic E-state index is 0.121. The quantitative estimate of drug-likeness (QED) is 0.603. The van der Waals surface area contributed by atoms with E-state index in [0.29, 0.717) is 6.42 Å². The lowest BCUT2D eigenvalue weighted by molar-refractivity contribution is -0.132. The average molecular weight is 270 g/mol. The fraction of sp³-hybridized carbons (Fsp3) is 0.900. The lowest BCUT2D eigenvalue weighted by Crippen LogP contribution is -2.33. The monoisotopic (exact) mass is 270 g/mol. The fourth-order valence-electron chi connectivity index (χ4n) is 1.12. The van der Waals surface area contributed by atoms with Crippen LogP contribution in [0.25, 0.3) is 0 Å². The molecule has 102 valence electrons. The van der Waals surface area contributed by atoms with E-state index in [-0.39, 0.29) is 6.42 Å². The molecule has 0 amide bonds. The van der Waals surface area contributed by atoms with Gasteiger partial charge in [-0.05, 0) is 13.3 Å². The highest BCUT2D eigenvalue weighted by molar-refractivity contribution is 7.48. The van der Waals surface area contributed by atoms with Crippen molar-refractivity contribution in [3.05, 3.63) is 0 Å². The summed E-state index contributed by atoms with van der Waals surface area (Å²) < 4.78 is 38.9. The number of carbonyl (C=O) groups excluding carboxylic acids is 1. The number of carbonyl (C=O) groups is 1. The van der Waals surface area contributed by atoms with Crippen LogP contribution in [-0.2, 0) is 22.9 Å². The van der Waals surface area contributed by atoms with Crippen LogP contribution in [0.15, 0.2) is 0 Å². The molecular weight excluding hydrogens is 250 g/mol. The van der Waals surface area contributed by atoms with Gasteiger partial charge in [0.05, 0.1) is 0 Å². The third kappa shape index (κ3) is 5.73. The lowest BCUT2D eigenvalue weighted by atomic mass is 9.97. The summed E-state index contributed by atoms with van der Waals surface area (Å²) in [5, 5.41) is 0. The van der Waals surface area contributed by atoms with Crippen LogP contribution < -0.4 is 0 Å². The van der Waals surface area contributed by atoms with Gasteiger partial charge in [-0.25, -0.2) is 8.96 Å². The van der Waals surface area contributed by atoms with Crippen LogP contribution in [-0.4, -0.2) is 32.3 Å². The first-order chi connectivity index (χ1) is 7.81. The third-order valence-electron chi connectivity index (χ3n) is 2.38. The molecule has 0 N–H and O–H groups in total. The molecule has 0 aromatic carbocycles. The Hall–Kier alpha value is -0.290. The van der Waals surface area contributed by atoms with Crippen LogP contribution in [0, 0.1) is 0 Å². The Labute approximate surface area is 101 Å². The van der Waals surface area contributed by atoms with Gasteiger partial charge in [-0.1, -0.05) is 19.8 Å². The molecule has 0 unspecified atom stereocenters. The molecule has 5 nitrogen and oxygen atoms in total. The van der Waals surface area contributed by atoms with Gasteiger partial charge in [0.2, 0.25) is 0 Å². The van der Waals surface area contributed by atoms with Gasteiger partial charge >= 0.3 is 7.82 Å². The Morgan fingerprint density at radius 2 is 1.88 bits per heavy atom. The summed E-state index contributed by atoms with van der Waals surface area (Å²) in [5.74, 6) is -0.764. The van der Waals surface area contributed by atoms with E-state index < -0.39 is 25.9 Å². The number of alkyl halides is 1. The molecule has 0 spiro atoms. The minimum Gasteiger partial charge on any atom is -0.293 e. The molecular formula is C10H20FO5P. The Kier molecular flexibility index (Phi) is 7.09. The zero-order valence-corrected chi connectivity index (χ0v) is 11.6. The van der Waals surface area contributed by atoms with Crippen LogP contribution >= 0.6 is 7.82 Å². The van der Waals surface area contributed by atoms with Crippen LogP contribution in [0.4, 0.5) is 4.39 Å². The van der Waals surface area contributed by atoms with E-state index in [4.69, 9.17) is 0 Å². The van der Waals surface area contributed by atoms with Gasteiger partial charge in [-0.3, -0.25) is 18.4 Å². The summed E-state index contributed by atoms with van der Waals surface area (Å²) in [7, 11) is -1.47. The summed E-state index contributed by atoms with van der Waals surface area (Å²) in [6.07, 6.45) is 1.52. The van der Waals surface area contributed by atoms with Gasteiger partial charge in [0, 0.05) is 14.2 Å². The number of phosphoric ester groups is 1. The van der Waals surface area contributed by atoms with Crippen molar-refractivity contribution in [3.63, 3.8) is 0 Å². The molecule has 0 bridgehead atoms. The van der Waals surface area contributed by atoms with Crippen molar-refractivity contribution in [2.45, 2.75) is 38.8 Å². The molecule has 0 saturated heterocycles. The number of halogens is 1. The highest BCUT2D eigenvalue weighted by atomic mass is 31.2. The van der Waals surface area contributed by atoms with Gasteiger partial charge in [-0.15, -0.1) is 0 Å². The number of ketones is 1. The summed E-state index contributed by atoms with van der Waals surface area (Å²) in [5.41, 5.74) is -1.97. The number of rotatable bonds is 9. The minimum atomic E-state index is -3.72. The topological polar surface area (TPSA) is 61.8 Å². The van der Waals surface area contributed by atoms with E-state index >= 15 is 0 Å². The summed E-state index contributed by atoms with van der Waals surface area (Å²) >= 11 is 0. The fourth-order valence-corrected chi connectivity index (χ4v) is 1.75. The van der Waals surface area contributed by atoms with Gasteiger partial charge < -0.3 is 0 Å². The molecule has 0 radical (unpaired) electrons. The van der Waals surface area contributed by atoms with E-state index in [1.165, 1.54) is 6.92 Å². The molecule has 0 aliphatic rings. The smallest absolute Gasteiger partial charge is 0.293 e. The highest BCUT2D eigenvalue weighted by Crippen LogP contribution is 2.47. The van der Waals surface area contributed by atoms with Crippen LogP contribution in [0.3, 0.4) is 0 Å². The maximum atomic E-state index is 13.9. The molecule has 0 saturated carbocycles. The van der Waals surface area contributed by atoms with Crippen molar-refractivity contribution in [3.8, 4) is 0 Å². The Morgan fingerprint density at radius 3 is 2.29 bits per heavy atom. The van der Waals surface area contributed by atoms with Crippen LogP contribution in [0.5, 0.6) is 0 Å². The van der Waals surface area contributed by atoms with Crippen molar-refractivity contribution in [1.82, 2.24) is 0 Å². The van der Waals surface area contributed by atoms with E-state index in [2.05, 4.69) is 13.6 Å². The van der Waals surface area contributed by atoms with Gasteiger partial charge in [0.1, 0.15) is 6.61 Å². The van der Waals surface area contributed by atoms with E-state index in [1.54, 1.807) is 0 Å². The maximum Gasteiger partial charge on any atom is 0.474 e. The average Bonchev–Trinajstić information content (AvgIpc) is 2.33. The molecule has 0 aromatic heterocycles. The second-order valence-corrected chi connectivity index (χ2v) is 5.69. The van der Waals surface area contributed by atoms with Gasteiger partial charge in [0.15, 0.2) is 11.5 Å². The van der Waals surface area contributed by atoms with Gasteiger partial charge in [0.25, 0.3) is 0 Å². The molecule has 0 fully saturated rings. The van der Waals surface area contributed by atoms with E-state index in [1.807, 2.05) is 6.92 Å². The molecule has 0 aliphatic carbocycles. The van der Waals surface area contributed by atoms with Crippen LogP contribution in [0.2, 0.25) is 0 Å². The van der Waals surface area contributed by atoms with Crippen LogP contribution in [0.1, 0.15) is 33.1 Å². The second-order valence-electron chi connectivity index (χ2n) is 3.81. The molecule has 7 heteroatoms. The molecule has 1 atom stereocenters. The Balaban J connectivity index is 4.30. The van der Waals surface area contributed by atoms with Crippen molar-refractivity contribution < 1.29 is 27.3 Å². The Morgan fingerprint density at radius 1 is 1.35 bits per heavy atom. The normalized spacial score (nSPS) is 15.6. The predicted octanol–water partition coefficient (Wildman–Crippen LogP) is 2.89. The number of hydrogen-bond acceptors (Lipinski definition) is 5. The van der Waals surface area contributed by atoms with Crippen molar-refractivity contribution in [1.29, 1.82) is 0 Å². The summed E-state index contributed by atoms with van der Waals surface area (Å²) in [6, 6.07) is 0. The Bertz CT molecular complexity index is 284. The zero-order chi connectivity index (χ0) is 13.5. The first-order valence-corrected chi connectivity index (χ1v) is 6.85. The standard InChI is InChI=1S/C10H20FO5P/c1-5-6-7-10(2,11)9(12)8-16-17(13,14-3)15-4/h5-8H2,1-4H3/t10-/m0/s1. The number of hydrogen-bond donors (Lipinski definition) is 0. The molecule has 0 heterocycles. The highest BCUT2D eigenvalue weighted by Gasteiger charge is 2.34. The van der Waals surface area contributed by atoms with Crippen molar-refractivity contribution >= 4 is 13.6 Å². The number of phosphoric acid groups is 1. The molecule has 0 aromatic rings. The van der Waals surface area contributed by atoms with Crippen molar-refractivity contribution in [2.75, 3.05) is 20.8 Å². The predicted molar refractivity (Wildman–Crippen MR) is 61.6 cm³/mol. The number of Topliss-reactive ketones (excluding diaryl/α,β-unsaturated/α-hetero) is 1. The molecule has 0 aliphatic heterocycles. The van der Waals surface area contributed by atoms with E-state index in [0.717, 1.165) is 20.6 Å². The SMILES string of the molecule is CCCC[C@](C)(F)C(=O)COP(=O)(OC)OC. The summed E-state index contributed by atoms with van der Waals surface area (Å²) in [4.78, 5) is 11.5. The van der Waals surface area contributed by atoms with Gasteiger partial charge in [-0.2, -0.15) is 0 Å². The first kappa shape index (κ1) is 16.7. The molecule has 17 heavy (non-hydrogen) atoms. The third-order valence-corrected chi connectivity index (χ3v) is 3.72. The summed E-state index contributed by atoms with van der Waals surface area (Å²) in [6.45, 7) is 2.47. The second kappa shape index (κ2) is 7.21. The number of unbranched alkanes of at least 4 members (excludes halogenated alkanes) is 1.